The third kappa shape index (κ3) is 9.85. The van der Waals surface area contributed by atoms with Crippen molar-refractivity contribution in [3.05, 3.63) is 56.8 Å². The Hall–Kier alpha value is -4.12. The van der Waals surface area contributed by atoms with E-state index in [1.54, 1.807) is 0 Å². The summed E-state index contributed by atoms with van der Waals surface area (Å²) in [7, 11) is 0. The summed E-state index contributed by atoms with van der Waals surface area (Å²) in [6.45, 7) is 10.6. The fourth-order valence-electron chi connectivity index (χ4n) is 6.90. The normalized spacial score (nSPS) is 37.8. The molecule has 0 spiro atoms. The van der Waals surface area contributed by atoms with Crippen molar-refractivity contribution < 1.29 is 61.8 Å². The molecule has 4 heterocycles. The van der Waals surface area contributed by atoms with Gasteiger partial charge in [-0.3, -0.25) is 9.59 Å². The standard InChI is InChI=1S/C32H44N6O11.CO2/c1-15-16(2)24(35-37-33)31(46-22(15)13-41-19(5)39)48-26-17(3)27(42-12-21-10-8-7-9-11-21)32(44-18(26)4)49-28-23-14-43-30(47-23)25(36-38-34)29(28)45-20(6)40;2-1-3/h7-11,15-18,22-32H,12-14H2,1-6H3;/t15-,16-,17-,18?,22?,23+,24?,25-,26-,27?,28+,29?,30?,31+,32-;/m0./s1. The van der Waals surface area contributed by atoms with Gasteiger partial charge in [-0.25, -0.2) is 0 Å². The Morgan fingerprint density at radius 3 is 2.12 bits per heavy atom. The van der Waals surface area contributed by atoms with Crippen LogP contribution < -0.4 is 0 Å². The average molecular weight is 733 g/mol. The third-order valence-electron chi connectivity index (χ3n) is 9.69. The molecular formula is C33H44N6O13. The predicted molar refractivity (Wildman–Crippen MR) is 173 cm³/mol. The highest BCUT2D eigenvalue weighted by Gasteiger charge is 2.56. The lowest BCUT2D eigenvalue weighted by atomic mass is 9.82. The topological polar surface area (TPSA) is 249 Å². The molecule has 0 saturated carbocycles. The molecule has 5 rings (SSSR count). The van der Waals surface area contributed by atoms with Crippen LogP contribution in [0, 0.1) is 17.8 Å². The quantitative estimate of drug-likeness (QED) is 0.129. The molecule has 2 bridgehead atoms. The summed E-state index contributed by atoms with van der Waals surface area (Å²) in [5.74, 6) is -1.70. The van der Waals surface area contributed by atoms with Gasteiger partial charge in [-0.05, 0) is 35.4 Å². The average Bonchev–Trinajstić information content (AvgIpc) is 3.55. The Morgan fingerprint density at radius 2 is 1.48 bits per heavy atom. The molecule has 0 radical (unpaired) electrons. The molecule has 52 heavy (non-hydrogen) atoms. The maximum absolute atomic E-state index is 12.2. The van der Waals surface area contributed by atoms with E-state index in [-0.39, 0.29) is 37.8 Å². The zero-order valence-electron chi connectivity index (χ0n) is 29.7. The molecule has 4 aliphatic rings. The van der Waals surface area contributed by atoms with Gasteiger partial charge in [-0.15, -0.1) is 0 Å². The summed E-state index contributed by atoms with van der Waals surface area (Å²) < 4.78 is 55.0. The molecule has 0 amide bonds. The Labute approximate surface area is 299 Å². The van der Waals surface area contributed by atoms with E-state index in [1.807, 2.05) is 58.0 Å². The number of esters is 2. The van der Waals surface area contributed by atoms with Crippen LogP contribution >= 0.6 is 0 Å². The van der Waals surface area contributed by atoms with Crippen LogP contribution in [0.2, 0.25) is 0 Å². The highest BCUT2D eigenvalue weighted by atomic mass is 16.8. The number of azide groups is 2. The Kier molecular flexibility index (Phi) is 14.9. The van der Waals surface area contributed by atoms with Crippen molar-refractivity contribution in [2.45, 2.75) is 122 Å². The van der Waals surface area contributed by atoms with E-state index < -0.39 is 91.5 Å². The van der Waals surface area contributed by atoms with E-state index in [4.69, 9.17) is 52.2 Å². The molecule has 1 aromatic carbocycles. The molecule has 0 N–H and O–H groups in total. The van der Waals surface area contributed by atoms with Crippen molar-refractivity contribution in [2.24, 2.45) is 28.0 Å². The zero-order valence-corrected chi connectivity index (χ0v) is 29.7. The van der Waals surface area contributed by atoms with Crippen LogP contribution in [0.15, 0.2) is 40.6 Å². The number of benzene rings is 1. The van der Waals surface area contributed by atoms with E-state index >= 15 is 0 Å². The van der Waals surface area contributed by atoms with Gasteiger partial charge in [0.15, 0.2) is 18.9 Å². The molecule has 6 unspecified atom stereocenters. The van der Waals surface area contributed by atoms with E-state index in [0.29, 0.717) is 0 Å². The molecule has 4 fully saturated rings. The van der Waals surface area contributed by atoms with E-state index in [0.717, 1.165) is 5.56 Å². The molecule has 19 heteroatoms. The SMILES string of the molecule is CC(=O)OCC1O[C@H](O[C@@H]2C(C)O[C@@H](O[C@H]3C(OC(C)=O)[C@H](N=[N+]=[N-])C4OC[C@H]3O4)C(OCc3ccccc3)[C@H]2C)C(N=[N+]=[N-])[C@@H](C)[C@@H]1C.O=C=O. The predicted octanol–water partition coefficient (Wildman–Crippen LogP) is 3.74. The van der Waals surface area contributed by atoms with E-state index in [9.17, 15) is 20.7 Å². The number of nitrogens with zero attached hydrogens (tertiary/aromatic N) is 6. The van der Waals surface area contributed by atoms with Gasteiger partial charge in [-0.2, -0.15) is 9.59 Å². The molecule has 0 aliphatic carbocycles. The van der Waals surface area contributed by atoms with Crippen molar-refractivity contribution in [1.82, 2.24) is 0 Å². The fourth-order valence-corrected chi connectivity index (χ4v) is 6.90. The first-order valence-corrected chi connectivity index (χ1v) is 16.9. The first-order chi connectivity index (χ1) is 24.9. The first-order valence-electron chi connectivity index (χ1n) is 16.9. The number of hydrogen-bond acceptors (Lipinski definition) is 15. The second kappa shape index (κ2) is 19.1. The molecule has 284 valence electrons. The molecule has 4 saturated heterocycles. The first kappa shape index (κ1) is 40.6. The fraction of sp³-hybridized carbons (Fsp3) is 0.727. The third-order valence-corrected chi connectivity index (χ3v) is 9.69. The molecule has 0 aromatic heterocycles. The van der Waals surface area contributed by atoms with Gasteiger partial charge in [0.25, 0.3) is 0 Å². The van der Waals surface area contributed by atoms with Crippen LogP contribution in [0.3, 0.4) is 0 Å². The largest absolute Gasteiger partial charge is 0.463 e. The molecular weight excluding hydrogens is 688 g/mol. The number of hydrogen-bond donors (Lipinski definition) is 0. The van der Waals surface area contributed by atoms with Gasteiger partial charge in [0, 0.05) is 29.6 Å². The highest BCUT2D eigenvalue weighted by molar-refractivity contribution is 5.66. The van der Waals surface area contributed by atoms with E-state index in [1.165, 1.54) is 13.8 Å². The Balaban J connectivity index is 0.00000195. The van der Waals surface area contributed by atoms with Crippen molar-refractivity contribution in [2.75, 3.05) is 13.2 Å². The zero-order chi connectivity index (χ0) is 37.9. The van der Waals surface area contributed by atoms with Crippen molar-refractivity contribution in [3.63, 3.8) is 0 Å². The summed E-state index contributed by atoms with van der Waals surface area (Å²) in [6, 6.07) is 7.90. The molecule has 4 aliphatic heterocycles. The van der Waals surface area contributed by atoms with Crippen LogP contribution in [0.25, 0.3) is 20.9 Å². The number of carbonyl (C=O) groups is 2. The van der Waals surface area contributed by atoms with Gasteiger partial charge in [0.05, 0.1) is 37.6 Å². The van der Waals surface area contributed by atoms with Gasteiger partial charge < -0.3 is 42.6 Å². The van der Waals surface area contributed by atoms with Gasteiger partial charge in [-0.1, -0.05) is 61.3 Å². The minimum atomic E-state index is -1.02. The minimum absolute atomic E-state index is 0.0181. The summed E-state index contributed by atoms with van der Waals surface area (Å²) in [4.78, 5) is 46.0. The maximum Gasteiger partial charge on any atom is 0.373 e. The van der Waals surface area contributed by atoms with Crippen molar-refractivity contribution >= 4 is 18.1 Å². The Bertz CT molecular complexity index is 1490. The maximum atomic E-state index is 12.2. The number of rotatable bonds is 12. The number of ether oxygens (including phenoxy) is 9. The van der Waals surface area contributed by atoms with Crippen LogP contribution in [0.1, 0.15) is 47.1 Å². The van der Waals surface area contributed by atoms with Crippen LogP contribution in [-0.2, 0) is 68.4 Å². The number of fused-ring (bicyclic) bond motifs is 2. The van der Waals surface area contributed by atoms with Crippen molar-refractivity contribution in [3.8, 4) is 0 Å². The van der Waals surface area contributed by atoms with Crippen LogP contribution in [0.5, 0.6) is 0 Å². The van der Waals surface area contributed by atoms with E-state index in [2.05, 4.69) is 20.1 Å². The Morgan fingerprint density at radius 1 is 0.827 bits per heavy atom. The smallest absolute Gasteiger partial charge is 0.373 e. The summed E-state index contributed by atoms with van der Waals surface area (Å²) in [6.07, 6.45) is -7.72. The lowest BCUT2D eigenvalue weighted by Crippen LogP contribution is -2.62. The minimum Gasteiger partial charge on any atom is -0.463 e. The second-order valence-electron chi connectivity index (χ2n) is 13.0. The van der Waals surface area contributed by atoms with Crippen LogP contribution in [0.4, 0.5) is 0 Å². The lowest BCUT2D eigenvalue weighted by Gasteiger charge is -2.49. The van der Waals surface area contributed by atoms with Crippen molar-refractivity contribution in [1.29, 1.82) is 0 Å². The van der Waals surface area contributed by atoms with Gasteiger partial charge in [0.2, 0.25) is 0 Å². The lowest BCUT2D eigenvalue weighted by molar-refractivity contribution is -0.348. The molecule has 15 atom stereocenters. The highest BCUT2D eigenvalue weighted by Crippen LogP contribution is 2.40. The second-order valence-corrected chi connectivity index (χ2v) is 13.0. The summed E-state index contributed by atoms with van der Waals surface area (Å²) >= 11 is 0. The van der Waals surface area contributed by atoms with Gasteiger partial charge in [0.1, 0.15) is 37.1 Å². The summed E-state index contributed by atoms with van der Waals surface area (Å²) in [5, 5.41) is 7.84. The monoisotopic (exact) mass is 732 g/mol. The number of carbonyl (C=O) groups excluding carboxylic acids is 4. The molecule has 1 aromatic rings. The molecule has 19 nitrogen and oxygen atoms in total. The summed E-state index contributed by atoms with van der Waals surface area (Å²) in [5.41, 5.74) is 19.6. The van der Waals surface area contributed by atoms with Gasteiger partial charge >= 0.3 is 18.1 Å². The van der Waals surface area contributed by atoms with Crippen LogP contribution in [-0.4, -0.2) is 105 Å².